The van der Waals surface area contributed by atoms with Gasteiger partial charge in [-0.25, -0.2) is 9.97 Å². The van der Waals surface area contributed by atoms with Crippen LogP contribution >= 0.6 is 11.3 Å². The summed E-state index contributed by atoms with van der Waals surface area (Å²) in [6.07, 6.45) is 0.527. The Kier molecular flexibility index (Phi) is 4.60. The highest BCUT2D eigenvalue weighted by Crippen LogP contribution is 2.36. The van der Waals surface area contributed by atoms with Crippen LogP contribution in [0.5, 0.6) is 0 Å². The lowest BCUT2D eigenvalue weighted by molar-refractivity contribution is -0.136. The molecule has 1 aliphatic heterocycles. The molecule has 0 saturated carbocycles. The van der Waals surface area contributed by atoms with Gasteiger partial charge < -0.3 is 20.3 Å². The van der Waals surface area contributed by atoms with Crippen molar-refractivity contribution in [3.05, 3.63) is 29.3 Å². The van der Waals surface area contributed by atoms with Crippen LogP contribution in [0.15, 0.2) is 24.3 Å². The van der Waals surface area contributed by atoms with Gasteiger partial charge in [-0.15, -0.1) is 11.3 Å². The number of anilines is 1. The number of benzene rings is 1. The van der Waals surface area contributed by atoms with Crippen LogP contribution in [0.3, 0.4) is 0 Å². The largest absolute Gasteiger partial charge is 0.481 e. The van der Waals surface area contributed by atoms with Crippen molar-refractivity contribution in [1.82, 2.24) is 20.3 Å². The molecule has 0 bridgehead atoms. The summed E-state index contributed by atoms with van der Waals surface area (Å²) in [6.45, 7) is 4.88. The maximum absolute atomic E-state index is 10.9. The van der Waals surface area contributed by atoms with Crippen molar-refractivity contribution in [2.75, 3.05) is 24.5 Å². The Labute approximate surface area is 155 Å². The van der Waals surface area contributed by atoms with E-state index in [1.54, 1.807) is 11.3 Å². The summed E-state index contributed by atoms with van der Waals surface area (Å²) in [5.74, 6) is -0.0620. The number of nitrogens with one attached hydrogen (secondary N) is 2. The van der Waals surface area contributed by atoms with Crippen LogP contribution in [0.4, 0.5) is 5.00 Å². The van der Waals surface area contributed by atoms with E-state index in [1.807, 2.05) is 24.3 Å². The molecule has 3 heterocycles. The van der Waals surface area contributed by atoms with E-state index in [1.165, 1.54) is 0 Å². The lowest BCUT2D eigenvalue weighted by Gasteiger charge is -2.32. The Balaban J connectivity index is 1.73. The molecule has 1 aliphatic rings. The van der Waals surface area contributed by atoms with Crippen LogP contribution in [0, 0.1) is 0 Å². The first-order valence-corrected chi connectivity index (χ1v) is 9.57. The highest BCUT2D eigenvalue weighted by Gasteiger charge is 2.24. The Morgan fingerprint density at radius 3 is 3.00 bits per heavy atom. The number of carboxylic acid groups (broad SMARTS) is 1. The summed E-state index contributed by atoms with van der Waals surface area (Å²) >= 11 is 1.58. The van der Waals surface area contributed by atoms with Gasteiger partial charge in [-0.3, -0.25) is 4.79 Å². The Hall–Kier alpha value is -2.45. The number of thiazole rings is 1. The smallest absolute Gasteiger partial charge is 0.303 e. The van der Waals surface area contributed by atoms with Gasteiger partial charge >= 0.3 is 5.97 Å². The molecule has 0 aliphatic carbocycles. The third-order valence-corrected chi connectivity index (χ3v) is 5.65. The predicted octanol–water partition coefficient (Wildman–Crippen LogP) is 2.50. The number of para-hydroxylation sites is 2. The van der Waals surface area contributed by atoms with E-state index < -0.39 is 5.97 Å². The fraction of sp³-hybridized carbons (Fsp3) is 0.389. The zero-order valence-electron chi connectivity index (χ0n) is 14.5. The summed E-state index contributed by atoms with van der Waals surface area (Å²) < 4.78 is 0. The first-order chi connectivity index (χ1) is 12.6. The highest BCUT2D eigenvalue weighted by atomic mass is 32.1. The molecular weight excluding hydrogens is 350 g/mol. The van der Waals surface area contributed by atoms with E-state index in [9.17, 15) is 4.79 Å². The average molecular weight is 371 g/mol. The topological polar surface area (TPSA) is 94.1 Å². The maximum atomic E-state index is 10.9. The lowest BCUT2D eigenvalue weighted by atomic mass is 10.2. The van der Waals surface area contributed by atoms with Crippen LogP contribution in [0.2, 0.25) is 0 Å². The second kappa shape index (κ2) is 7.05. The van der Waals surface area contributed by atoms with E-state index in [0.717, 1.165) is 52.2 Å². The maximum Gasteiger partial charge on any atom is 0.303 e. The minimum absolute atomic E-state index is 0.0878. The number of aliphatic carboxylic acids is 1. The minimum Gasteiger partial charge on any atom is -0.481 e. The molecule has 4 rings (SSSR count). The van der Waals surface area contributed by atoms with Crippen molar-refractivity contribution >= 4 is 33.3 Å². The summed E-state index contributed by atoms with van der Waals surface area (Å²) in [5, 5.41) is 14.3. The molecule has 136 valence electrons. The molecular formula is C18H21N5O2S. The molecule has 1 fully saturated rings. The normalized spacial score (nSPS) is 17.7. The number of rotatable bonds is 5. The number of aryl methyl sites for hydroxylation is 1. The van der Waals surface area contributed by atoms with Gasteiger partial charge in [-0.2, -0.15) is 0 Å². The molecule has 1 saturated heterocycles. The molecule has 0 radical (unpaired) electrons. The van der Waals surface area contributed by atoms with E-state index in [2.05, 4.69) is 22.1 Å². The van der Waals surface area contributed by atoms with Crippen molar-refractivity contribution in [2.24, 2.45) is 0 Å². The van der Waals surface area contributed by atoms with Gasteiger partial charge in [0.25, 0.3) is 0 Å². The standard InChI is InChI=1S/C18H21N5O2S/c1-11-10-23(9-8-19-11)18-16(22-14(26-18)6-7-15(24)25)17-20-12-4-2-3-5-13(12)21-17/h2-5,11,19H,6-10H2,1H3,(H,20,21)(H,24,25). The van der Waals surface area contributed by atoms with Crippen LogP contribution in [0.1, 0.15) is 18.4 Å². The Bertz CT molecular complexity index is 902. The molecule has 26 heavy (non-hydrogen) atoms. The highest BCUT2D eigenvalue weighted by molar-refractivity contribution is 7.16. The fourth-order valence-electron chi connectivity index (χ4n) is 3.23. The molecule has 1 atom stereocenters. The lowest BCUT2D eigenvalue weighted by Crippen LogP contribution is -2.49. The van der Waals surface area contributed by atoms with Crippen LogP contribution in [0.25, 0.3) is 22.6 Å². The second-order valence-electron chi connectivity index (χ2n) is 6.56. The number of imidazole rings is 1. The molecule has 8 heteroatoms. The molecule has 2 aromatic heterocycles. The number of aromatic nitrogens is 3. The van der Waals surface area contributed by atoms with Crippen molar-refractivity contribution < 1.29 is 9.90 Å². The van der Waals surface area contributed by atoms with Gasteiger partial charge in [0.2, 0.25) is 0 Å². The summed E-state index contributed by atoms with van der Waals surface area (Å²) in [4.78, 5) is 26.1. The molecule has 3 aromatic rings. The van der Waals surface area contributed by atoms with E-state index in [-0.39, 0.29) is 6.42 Å². The molecule has 3 N–H and O–H groups in total. The number of hydrogen-bond donors (Lipinski definition) is 3. The number of hydrogen-bond acceptors (Lipinski definition) is 6. The number of fused-ring (bicyclic) bond motifs is 1. The number of carboxylic acids is 1. The van der Waals surface area contributed by atoms with E-state index >= 15 is 0 Å². The molecule has 1 unspecified atom stereocenters. The predicted molar refractivity (Wildman–Crippen MR) is 103 cm³/mol. The van der Waals surface area contributed by atoms with Crippen molar-refractivity contribution in [1.29, 1.82) is 0 Å². The molecule has 0 amide bonds. The first kappa shape index (κ1) is 17.0. The van der Waals surface area contributed by atoms with Gasteiger partial charge in [-0.05, 0) is 19.1 Å². The molecule has 0 spiro atoms. The monoisotopic (exact) mass is 371 g/mol. The molecule has 7 nitrogen and oxygen atoms in total. The van der Waals surface area contributed by atoms with Crippen molar-refractivity contribution in [2.45, 2.75) is 25.8 Å². The zero-order valence-corrected chi connectivity index (χ0v) is 15.3. The van der Waals surface area contributed by atoms with E-state index in [0.29, 0.717) is 12.5 Å². The van der Waals surface area contributed by atoms with E-state index in [4.69, 9.17) is 15.1 Å². The Morgan fingerprint density at radius 2 is 2.23 bits per heavy atom. The zero-order chi connectivity index (χ0) is 18.1. The third-order valence-electron chi connectivity index (χ3n) is 4.48. The van der Waals surface area contributed by atoms with Gasteiger partial charge in [-0.1, -0.05) is 12.1 Å². The van der Waals surface area contributed by atoms with Gasteiger partial charge in [0, 0.05) is 32.1 Å². The summed E-state index contributed by atoms with van der Waals surface area (Å²) in [6, 6.07) is 8.31. The third kappa shape index (κ3) is 3.42. The van der Waals surface area contributed by atoms with Gasteiger partial charge in [0.15, 0.2) is 5.82 Å². The number of piperazine rings is 1. The fourth-order valence-corrected chi connectivity index (χ4v) is 4.32. The summed E-state index contributed by atoms with van der Waals surface area (Å²) in [5.41, 5.74) is 2.70. The van der Waals surface area contributed by atoms with Crippen LogP contribution < -0.4 is 10.2 Å². The van der Waals surface area contributed by atoms with Crippen molar-refractivity contribution in [3.8, 4) is 11.5 Å². The minimum atomic E-state index is -0.803. The van der Waals surface area contributed by atoms with Crippen LogP contribution in [-0.4, -0.2) is 51.7 Å². The quantitative estimate of drug-likeness (QED) is 0.638. The SMILES string of the molecule is CC1CN(c2sc(CCC(=O)O)nc2-c2nc3ccccc3[nH]2)CCN1. The number of aromatic amines is 1. The molecule has 1 aromatic carbocycles. The van der Waals surface area contributed by atoms with Gasteiger partial charge in [0.05, 0.1) is 22.5 Å². The van der Waals surface area contributed by atoms with Crippen LogP contribution in [-0.2, 0) is 11.2 Å². The number of nitrogens with zero attached hydrogens (tertiary/aromatic N) is 3. The number of H-pyrrole nitrogens is 1. The van der Waals surface area contributed by atoms with Crippen molar-refractivity contribution in [3.63, 3.8) is 0 Å². The van der Waals surface area contributed by atoms with Gasteiger partial charge in [0.1, 0.15) is 10.7 Å². The average Bonchev–Trinajstić information content (AvgIpc) is 3.24. The first-order valence-electron chi connectivity index (χ1n) is 8.75. The number of carbonyl (C=O) groups is 1. The summed E-state index contributed by atoms with van der Waals surface area (Å²) in [7, 11) is 0. The second-order valence-corrected chi connectivity index (χ2v) is 7.62. The Morgan fingerprint density at radius 1 is 1.38 bits per heavy atom.